The standard InChI is InChI=1S/C16H28N4O8S/c1-6(2)11(19-13(24)8(17)5-29)15(26)18-9(4-10(22)23)14(25)20-12(7(3)21)16(27)28/h6-9,11-12,21,29H,4-5,17H2,1-3H3,(H,18,26)(H,19,24)(H,20,25)(H,22,23)(H,27,28). The maximum absolute atomic E-state index is 12.6. The molecule has 5 atom stereocenters. The van der Waals surface area contributed by atoms with Gasteiger partial charge < -0.3 is 37.0 Å². The summed E-state index contributed by atoms with van der Waals surface area (Å²) in [4.78, 5) is 59.0. The molecule has 0 heterocycles. The Kier molecular flexibility index (Phi) is 11.2. The molecule has 8 N–H and O–H groups in total. The number of thiol groups is 1. The molecule has 0 aromatic rings. The zero-order chi connectivity index (χ0) is 22.9. The van der Waals surface area contributed by atoms with E-state index in [0.29, 0.717) is 0 Å². The molecule has 0 aromatic heterocycles. The molecule has 3 amide bonds. The van der Waals surface area contributed by atoms with Crippen LogP contribution in [0.4, 0.5) is 0 Å². The molecule has 0 radical (unpaired) electrons. The van der Waals surface area contributed by atoms with Crippen molar-refractivity contribution >= 4 is 42.3 Å². The third-order valence-electron chi connectivity index (χ3n) is 3.84. The molecule has 29 heavy (non-hydrogen) atoms. The number of carboxylic acids is 2. The van der Waals surface area contributed by atoms with Gasteiger partial charge in [-0.25, -0.2) is 4.79 Å². The second kappa shape index (κ2) is 12.2. The minimum atomic E-state index is -1.70. The van der Waals surface area contributed by atoms with E-state index >= 15 is 0 Å². The van der Waals surface area contributed by atoms with Crippen LogP contribution in [0.5, 0.6) is 0 Å². The summed E-state index contributed by atoms with van der Waals surface area (Å²) in [7, 11) is 0. The molecule has 12 nitrogen and oxygen atoms in total. The van der Waals surface area contributed by atoms with Gasteiger partial charge in [-0.2, -0.15) is 12.6 Å². The third-order valence-corrected chi connectivity index (χ3v) is 4.23. The van der Waals surface area contributed by atoms with Gasteiger partial charge in [0.15, 0.2) is 6.04 Å². The van der Waals surface area contributed by atoms with Crippen molar-refractivity contribution in [2.24, 2.45) is 11.7 Å². The van der Waals surface area contributed by atoms with Gasteiger partial charge in [0.05, 0.1) is 18.6 Å². The lowest BCUT2D eigenvalue weighted by molar-refractivity contribution is -0.146. The summed E-state index contributed by atoms with van der Waals surface area (Å²) < 4.78 is 0. The second-order valence-electron chi connectivity index (χ2n) is 6.74. The van der Waals surface area contributed by atoms with Crippen LogP contribution in [0.25, 0.3) is 0 Å². The Labute approximate surface area is 173 Å². The van der Waals surface area contributed by atoms with Crippen LogP contribution in [0.1, 0.15) is 27.2 Å². The summed E-state index contributed by atoms with van der Waals surface area (Å²) in [5, 5.41) is 34.1. The number of rotatable bonds is 12. The van der Waals surface area contributed by atoms with Crippen molar-refractivity contribution in [1.82, 2.24) is 16.0 Å². The molecule has 13 heteroatoms. The molecule has 0 spiro atoms. The van der Waals surface area contributed by atoms with Crippen molar-refractivity contribution in [3.8, 4) is 0 Å². The molecule has 0 saturated carbocycles. The quantitative estimate of drug-likeness (QED) is 0.149. The smallest absolute Gasteiger partial charge is 0.328 e. The Hall–Kier alpha value is -2.38. The zero-order valence-electron chi connectivity index (χ0n) is 16.3. The van der Waals surface area contributed by atoms with Crippen LogP contribution < -0.4 is 21.7 Å². The Balaban J connectivity index is 5.43. The van der Waals surface area contributed by atoms with Gasteiger partial charge in [0, 0.05) is 5.75 Å². The molecule has 0 aromatic carbocycles. The normalized spacial score (nSPS) is 16.1. The van der Waals surface area contributed by atoms with Gasteiger partial charge in [-0.05, 0) is 12.8 Å². The monoisotopic (exact) mass is 436 g/mol. The Morgan fingerprint density at radius 2 is 1.41 bits per heavy atom. The number of aliphatic hydroxyl groups is 1. The average Bonchev–Trinajstić information content (AvgIpc) is 2.60. The first kappa shape index (κ1) is 26.6. The summed E-state index contributed by atoms with van der Waals surface area (Å²) in [5.41, 5.74) is 5.55. The molecular formula is C16H28N4O8S. The number of amides is 3. The van der Waals surface area contributed by atoms with Gasteiger partial charge in [0.25, 0.3) is 0 Å². The highest BCUT2D eigenvalue weighted by Crippen LogP contribution is 2.05. The lowest BCUT2D eigenvalue weighted by Crippen LogP contribution is -2.59. The fourth-order valence-corrected chi connectivity index (χ4v) is 2.33. The highest BCUT2D eigenvalue weighted by Gasteiger charge is 2.33. The van der Waals surface area contributed by atoms with Crippen LogP contribution in [0.15, 0.2) is 0 Å². The van der Waals surface area contributed by atoms with Gasteiger partial charge in [0.2, 0.25) is 17.7 Å². The summed E-state index contributed by atoms with van der Waals surface area (Å²) in [6.45, 7) is 4.34. The Morgan fingerprint density at radius 3 is 1.79 bits per heavy atom. The van der Waals surface area contributed by atoms with E-state index in [9.17, 15) is 29.1 Å². The van der Waals surface area contributed by atoms with Crippen LogP contribution in [-0.4, -0.2) is 81.0 Å². The Morgan fingerprint density at radius 1 is 0.897 bits per heavy atom. The number of carbonyl (C=O) groups is 5. The zero-order valence-corrected chi connectivity index (χ0v) is 17.2. The maximum Gasteiger partial charge on any atom is 0.328 e. The van der Waals surface area contributed by atoms with Crippen molar-refractivity contribution in [2.75, 3.05) is 5.75 Å². The van der Waals surface area contributed by atoms with E-state index in [-0.39, 0.29) is 5.75 Å². The second-order valence-corrected chi connectivity index (χ2v) is 7.11. The van der Waals surface area contributed by atoms with Crippen molar-refractivity contribution < 1.29 is 39.3 Å². The number of hydrogen-bond acceptors (Lipinski definition) is 8. The van der Waals surface area contributed by atoms with Crippen molar-refractivity contribution in [1.29, 1.82) is 0 Å². The van der Waals surface area contributed by atoms with E-state index in [1.807, 2.05) is 5.32 Å². The largest absolute Gasteiger partial charge is 0.481 e. The van der Waals surface area contributed by atoms with Gasteiger partial charge in [-0.1, -0.05) is 13.8 Å². The fraction of sp³-hybridized carbons (Fsp3) is 0.688. The number of nitrogens with two attached hydrogens (primary N) is 1. The molecule has 0 rings (SSSR count). The fourth-order valence-electron chi connectivity index (χ4n) is 2.17. The molecule has 5 unspecified atom stereocenters. The number of aliphatic carboxylic acids is 2. The van der Waals surface area contributed by atoms with Gasteiger partial charge >= 0.3 is 11.9 Å². The van der Waals surface area contributed by atoms with Gasteiger partial charge in [0.1, 0.15) is 12.1 Å². The van der Waals surface area contributed by atoms with E-state index in [2.05, 4.69) is 23.3 Å². The van der Waals surface area contributed by atoms with Crippen LogP contribution >= 0.6 is 12.6 Å². The van der Waals surface area contributed by atoms with Crippen molar-refractivity contribution in [2.45, 2.75) is 57.5 Å². The first-order valence-electron chi connectivity index (χ1n) is 8.72. The number of nitrogens with one attached hydrogen (secondary N) is 3. The molecule has 0 aliphatic rings. The number of carboxylic acid groups (broad SMARTS) is 2. The Bertz CT molecular complexity index is 628. The minimum absolute atomic E-state index is 0.0260. The highest BCUT2D eigenvalue weighted by atomic mass is 32.1. The van der Waals surface area contributed by atoms with E-state index in [1.54, 1.807) is 13.8 Å². The third kappa shape index (κ3) is 9.11. The maximum atomic E-state index is 12.6. The lowest BCUT2D eigenvalue weighted by atomic mass is 10.0. The van der Waals surface area contributed by atoms with Crippen LogP contribution in [0.2, 0.25) is 0 Å². The average molecular weight is 436 g/mol. The van der Waals surface area contributed by atoms with Crippen LogP contribution in [0.3, 0.4) is 0 Å². The summed E-state index contributed by atoms with van der Waals surface area (Å²) in [5.74, 6) is -6.02. The number of carbonyl (C=O) groups excluding carboxylic acids is 3. The molecular weight excluding hydrogens is 408 g/mol. The molecule has 0 bridgehead atoms. The van der Waals surface area contributed by atoms with Crippen molar-refractivity contribution in [3.05, 3.63) is 0 Å². The minimum Gasteiger partial charge on any atom is -0.481 e. The van der Waals surface area contributed by atoms with E-state index in [1.165, 1.54) is 0 Å². The first-order chi connectivity index (χ1) is 13.3. The lowest BCUT2D eigenvalue weighted by Gasteiger charge is -2.26. The SMILES string of the molecule is CC(C)C(NC(=O)C(N)CS)C(=O)NC(CC(=O)O)C(=O)NC(C(=O)O)C(C)O. The molecule has 166 valence electrons. The van der Waals surface area contributed by atoms with Crippen LogP contribution in [0, 0.1) is 5.92 Å². The first-order valence-corrected chi connectivity index (χ1v) is 9.35. The predicted octanol–water partition coefficient (Wildman–Crippen LogP) is -2.71. The highest BCUT2D eigenvalue weighted by molar-refractivity contribution is 7.80. The number of hydrogen-bond donors (Lipinski definition) is 8. The predicted molar refractivity (Wildman–Crippen MR) is 104 cm³/mol. The van der Waals surface area contributed by atoms with Crippen molar-refractivity contribution in [3.63, 3.8) is 0 Å². The molecule has 0 aliphatic carbocycles. The molecule has 0 saturated heterocycles. The summed E-state index contributed by atoms with van der Waals surface area (Å²) >= 11 is 3.89. The summed E-state index contributed by atoms with van der Waals surface area (Å²) in [6, 6.07) is -5.46. The van der Waals surface area contributed by atoms with E-state index in [4.69, 9.17) is 15.9 Å². The summed E-state index contributed by atoms with van der Waals surface area (Å²) in [6.07, 6.45) is -2.32. The molecule has 0 aliphatic heterocycles. The molecule has 0 fully saturated rings. The van der Waals surface area contributed by atoms with Gasteiger partial charge in [-0.3, -0.25) is 19.2 Å². The topological polar surface area (TPSA) is 208 Å². The number of aliphatic hydroxyl groups excluding tert-OH is 1. The van der Waals surface area contributed by atoms with Gasteiger partial charge in [-0.15, -0.1) is 0 Å². The van der Waals surface area contributed by atoms with E-state index in [0.717, 1.165) is 6.92 Å². The van der Waals surface area contributed by atoms with E-state index < -0.39 is 72.3 Å². The van der Waals surface area contributed by atoms with Crippen LogP contribution in [-0.2, 0) is 24.0 Å².